The van der Waals surface area contributed by atoms with Crippen LogP contribution < -0.4 is 10.5 Å². The molecule has 0 fully saturated rings. The number of ether oxygens (including phenoxy) is 1. The number of aryl methyl sites for hydroxylation is 1. The molecule has 2 aromatic carbocycles. The predicted octanol–water partition coefficient (Wildman–Crippen LogP) is 4.74. The number of para-hydroxylation sites is 1. The van der Waals surface area contributed by atoms with Gasteiger partial charge >= 0.3 is 0 Å². The van der Waals surface area contributed by atoms with Crippen molar-refractivity contribution in [3.05, 3.63) is 65.2 Å². The molecule has 5 nitrogen and oxygen atoms in total. The number of furan rings is 1. The highest BCUT2D eigenvalue weighted by Gasteiger charge is 2.30. The van der Waals surface area contributed by atoms with E-state index >= 15 is 0 Å². The molecule has 0 saturated heterocycles. The van der Waals surface area contributed by atoms with Crippen molar-refractivity contribution in [3.8, 4) is 5.75 Å². The van der Waals surface area contributed by atoms with E-state index in [4.69, 9.17) is 14.9 Å². The number of benzene rings is 2. The highest BCUT2D eigenvalue weighted by molar-refractivity contribution is 5.95. The third-order valence-electron chi connectivity index (χ3n) is 5.82. The largest absolute Gasteiger partial charge is 0.489 e. The van der Waals surface area contributed by atoms with Crippen molar-refractivity contribution < 1.29 is 18.3 Å². The molecule has 166 valence electrons. The number of primary amides is 1. The van der Waals surface area contributed by atoms with Crippen LogP contribution in [0.5, 0.6) is 5.75 Å². The van der Waals surface area contributed by atoms with Crippen molar-refractivity contribution >= 4 is 29.3 Å². The Kier molecular flexibility index (Phi) is 7.57. The van der Waals surface area contributed by atoms with E-state index in [2.05, 4.69) is 17.9 Å². The van der Waals surface area contributed by atoms with E-state index in [9.17, 15) is 9.18 Å². The Morgan fingerprint density at radius 3 is 2.81 bits per heavy atom. The van der Waals surface area contributed by atoms with Gasteiger partial charge in [-0.05, 0) is 62.5 Å². The summed E-state index contributed by atoms with van der Waals surface area (Å²) in [4.78, 5) is 14.2. The lowest BCUT2D eigenvalue weighted by molar-refractivity contribution is 0.0984. The molecule has 31 heavy (non-hydrogen) atoms. The fourth-order valence-electron chi connectivity index (χ4n) is 4.36. The Bertz CT molecular complexity index is 1050. The van der Waals surface area contributed by atoms with E-state index in [1.807, 2.05) is 24.5 Å². The van der Waals surface area contributed by atoms with Crippen LogP contribution in [0.2, 0.25) is 0 Å². The molecule has 0 spiro atoms. The number of halogens is 2. The summed E-state index contributed by atoms with van der Waals surface area (Å²) in [6, 6.07) is 10.9. The van der Waals surface area contributed by atoms with Crippen LogP contribution in [-0.2, 0) is 12.8 Å². The Labute approximate surface area is 187 Å². The topological polar surface area (TPSA) is 68.7 Å². The van der Waals surface area contributed by atoms with E-state index in [0.29, 0.717) is 24.2 Å². The SMILES string of the molecule is CCCN(CCCc1coc2ccccc12)C1COc2c(F)ccc(C(N)=O)c2C1.Cl. The number of carbonyl (C=O) groups excluding carboxylic acids is 1. The Hall–Kier alpha value is -2.57. The van der Waals surface area contributed by atoms with Crippen LogP contribution in [0.4, 0.5) is 4.39 Å². The first-order valence-electron chi connectivity index (χ1n) is 10.5. The van der Waals surface area contributed by atoms with Crippen molar-refractivity contribution in [1.82, 2.24) is 4.90 Å². The highest BCUT2D eigenvalue weighted by atomic mass is 35.5. The normalized spacial score (nSPS) is 15.4. The van der Waals surface area contributed by atoms with Crippen molar-refractivity contribution in [1.29, 1.82) is 0 Å². The summed E-state index contributed by atoms with van der Waals surface area (Å²) in [5.74, 6) is -0.824. The van der Waals surface area contributed by atoms with Gasteiger partial charge in [0.2, 0.25) is 5.91 Å². The van der Waals surface area contributed by atoms with Crippen LogP contribution >= 0.6 is 12.4 Å². The monoisotopic (exact) mass is 446 g/mol. The van der Waals surface area contributed by atoms with Crippen molar-refractivity contribution in [2.75, 3.05) is 19.7 Å². The standard InChI is InChI=1S/C24H27FN2O3.ClH/c1-2-11-27(12-5-6-16-14-29-22-8-4-3-7-18(16)22)17-13-20-19(24(26)28)9-10-21(25)23(20)30-15-17;/h3-4,7-10,14,17H,2,5-6,11-13,15H2,1H3,(H2,26,28);1H. The lowest BCUT2D eigenvalue weighted by Gasteiger charge is -2.35. The van der Waals surface area contributed by atoms with Crippen LogP contribution in [-0.4, -0.2) is 36.5 Å². The minimum Gasteiger partial charge on any atom is -0.489 e. The zero-order valence-electron chi connectivity index (χ0n) is 17.6. The smallest absolute Gasteiger partial charge is 0.249 e. The number of fused-ring (bicyclic) bond motifs is 2. The van der Waals surface area contributed by atoms with Crippen molar-refractivity contribution in [2.24, 2.45) is 5.73 Å². The zero-order valence-corrected chi connectivity index (χ0v) is 18.4. The molecule has 7 heteroatoms. The van der Waals surface area contributed by atoms with Gasteiger partial charge in [0.1, 0.15) is 12.2 Å². The van der Waals surface area contributed by atoms with Gasteiger partial charge in [-0.15, -0.1) is 12.4 Å². The maximum Gasteiger partial charge on any atom is 0.249 e. The maximum absolute atomic E-state index is 14.2. The van der Waals surface area contributed by atoms with Crippen LogP contribution in [0.1, 0.15) is 41.3 Å². The second kappa shape index (κ2) is 10.2. The van der Waals surface area contributed by atoms with Gasteiger partial charge < -0.3 is 14.9 Å². The molecule has 1 aliphatic heterocycles. The molecule has 3 aromatic rings. The van der Waals surface area contributed by atoms with Gasteiger partial charge in [0.15, 0.2) is 11.6 Å². The molecule has 0 radical (unpaired) electrons. The number of nitrogens with zero attached hydrogens (tertiary/aromatic N) is 1. The maximum atomic E-state index is 14.2. The first-order chi connectivity index (χ1) is 14.6. The molecule has 2 N–H and O–H groups in total. The minimum absolute atomic E-state index is 0. The molecule has 0 aliphatic carbocycles. The van der Waals surface area contributed by atoms with Crippen LogP contribution in [0.15, 0.2) is 47.1 Å². The number of carbonyl (C=O) groups is 1. The number of hydrogen-bond acceptors (Lipinski definition) is 4. The second-order valence-corrected chi connectivity index (χ2v) is 7.83. The van der Waals surface area contributed by atoms with Gasteiger partial charge in [-0.2, -0.15) is 0 Å². The molecular weight excluding hydrogens is 419 g/mol. The summed E-state index contributed by atoms with van der Waals surface area (Å²) in [5.41, 5.74) is 8.56. The minimum atomic E-state index is -0.552. The van der Waals surface area contributed by atoms with Gasteiger partial charge in [0, 0.05) is 22.6 Å². The van der Waals surface area contributed by atoms with E-state index in [1.54, 1.807) is 0 Å². The summed E-state index contributed by atoms with van der Waals surface area (Å²) in [6.45, 7) is 4.35. The van der Waals surface area contributed by atoms with Crippen molar-refractivity contribution in [2.45, 2.75) is 38.6 Å². The molecular formula is C24H28ClFN2O3. The van der Waals surface area contributed by atoms with E-state index in [1.165, 1.54) is 17.7 Å². The fraction of sp³-hybridized carbons (Fsp3) is 0.375. The third-order valence-corrected chi connectivity index (χ3v) is 5.82. The molecule has 1 atom stereocenters. The molecule has 1 unspecified atom stereocenters. The summed E-state index contributed by atoms with van der Waals surface area (Å²) in [6.07, 6.45) is 5.29. The summed E-state index contributed by atoms with van der Waals surface area (Å²) < 4.78 is 25.6. The summed E-state index contributed by atoms with van der Waals surface area (Å²) >= 11 is 0. The molecule has 0 saturated carbocycles. The average Bonchev–Trinajstić information content (AvgIpc) is 3.16. The second-order valence-electron chi connectivity index (χ2n) is 7.83. The summed E-state index contributed by atoms with van der Waals surface area (Å²) in [7, 11) is 0. The molecule has 1 aliphatic rings. The molecule has 4 rings (SSSR count). The number of hydrogen-bond donors (Lipinski definition) is 1. The van der Waals surface area contributed by atoms with Crippen LogP contribution in [0, 0.1) is 5.82 Å². The number of amides is 1. The lowest BCUT2D eigenvalue weighted by atomic mass is 9.95. The van der Waals surface area contributed by atoms with Gasteiger partial charge in [0.25, 0.3) is 0 Å². The first-order valence-corrected chi connectivity index (χ1v) is 10.5. The van der Waals surface area contributed by atoms with Crippen molar-refractivity contribution in [3.63, 3.8) is 0 Å². The Morgan fingerprint density at radius 2 is 2.03 bits per heavy atom. The summed E-state index contributed by atoms with van der Waals surface area (Å²) in [5, 5.41) is 1.16. The highest BCUT2D eigenvalue weighted by Crippen LogP contribution is 2.32. The number of rotatable bonds is 8. The molecule has 1 aromatic heterocycles. The van der Waals surface area contributed by atoms with Gasteiger partial charge in [-0.3, -0.25) is 9.69 Å². The predicted molar refractivity (Wildman–Crippen MR) is 122 cm³/mol. The number of nitrogens with two attached hydrogens (primary N) is 1. The van der Waals surface area contributed by atoms with E-state index in [-0.39, 0.29) is 24.2 Å². The zero-order chi connectivity index (χ0) is 21.1. The molecule has 2 heterocycles. The fourth-order valence-corrected chi connectivity index (χ4v) is 4.36. The average molecular weight is 447 g/mol. The molecule has 0 bridgehead atoms. The third kappa shape index (κ3) is 4.86. The van der Waals surface area contributed by atoms with E-state index in [0.717, 1.165) is 43.3 Å². The van der Waals surface area contributed by atoms with Gasteiger partial charge in [-0.1, -0.05) is 25.1 Å². The van der Waals surface area contributed by atoms with E-state index < -0.39 is 11.7 Å². The lowest BCUT2D eigenvalue weighted by Crippen LogP contribution is -2.44. The Morgan fingerprint density at radius 1 is 1.23 bits per heavy atom. The van der Waals surface area contributed by atoms with Crippen LogP contribution in [0.25, 0.3) is 11.0 Å². The van der Waals surface area contributed by atoms with Crippen LogP contribution in [0.3, 0.4) is 0 Å². The molecule has 1 amide bonds. The van der Waals surface area contributed by atoms with Gasteiger partial charge in [0.05, 0.1) is 6.26 Å². The Balaban J connectivity index is 0.00000272. The first kappa shape index (κ1) is 23.1. The quantitative estimate of drug-likeness (QED) is 0.542. The van der Waals surface area contributed by atoms with Gasteiger partial charge in [-0.25, -0.2) is 4.39 Å².